The summed E-state index contributed by atoms with van der Waals surface area (Å²) in [6.45, 7) is 4.05. The Morgan fingerprint density at radius 1 is 1.13 bits per heavy atom. The van der Waals surface area contributed by atoms with E-state index in [4.69, 9.17) is 10.7 Å². The van der Waals surface area contributed by atoms with Crippen molar-refractivity contribution in [2.75, 3.05) is 37.7 Å². The molecule has 160 valence electrons. The highest BCUT2D eigenvalue weighted by Crippen LogP contribution is 2.26. The highest BCUT2D eigenvalue weighted by Gasteiger charge is 2.22. The number of benzene rings is 1. The first kappa shape index (κ1) is 20.8. The van der Waals surface area contributed by atoms with Crippen molar-refractivity contribution in [1.29, 1.82) is 0 Å². The van der Waals surface area contributed by atoms with Crippen LogP contribution < -0.4 is 16.0 Å². The van der Waals surface area contributed by atoms with E-state index in [9.17, 15) is 9.90 Å². The first-order chi connectivity index (χ1) is 14.6. The number of nitrogens with two attached hydrogens (primary N) is 1. The molecule has 2 saturated heterocycles. The van der Waals surface area contributed by atoms with Gasteiger partial charge in [-0.05, 0) is 61.7 Å². The van der Waals surface area contributed by atoms with Gasteiger partial charge in [-0.25, -0.2) is 9.97 Å². The van der Waals surface area contributed by atoms with E-state index in [0.717, 1.165) is 50.4 Å². The first-order valence-corrected chi connectivity index (χ1v) is 10.9. The number of carbonyl (C=O) groups excluding carboxylic acids is 1. The van der Waals surface area contributed by atoms with Crippen molar-refractivity contribution >= 4 is 11.7 Å². The summed E-state index contributed by atoms with van der Waals surface area (Å²) in [5.41, 5.74) is 8.91. The molecule has 2 fully saturated rings. The molecule has 0 atom stereocenters. The van der Waals surface area contributed by atoms with Gasteiger partial charge in [0.05, 0.1) is 11.9 Å². The van der Waals surface area contributed by atoms with Crippen LogP contribution in [0, 0.1) is 5.92 Å². The highest BCUT2D eigenvalue weighted by molar-refractivity contribution is 5.92. The predicted octanol–water partition coefficient (Wildman–Crippen LogP) is 1.84. The summed E-state index contributed by atoms with van der Waals surface area (Å²) < 4.78 is 0. The molecule has 30 heavy (non-hydrogen) atoms. The molecule has 0 saturated carbocycles. The number of primary amides is 1. The lowest BCUT2D eigenvalue weighted by atomic mass is 9.89. The number of piperidine rings is 2. The number of nitrogens with one attached hydrogen (secondary N) is 1. The predicted molar refractivity (Wildman–Crippen MR) is 117 cm³/mol. The van der Waals surface area contributed by atoms with Gasteiger partial charge >= 0.3 is 0 Å². The Balaban J connectivity index is 1.51. The van der Waals surface area contributed by atoms with Crippen molar-refractivity contribution in [2.24, 2.45) is 11.7 Å². The molecule has 2 aromatic rings. The van der Waals surface area contributed by atoms with Crippen LogP contribution in [0.3, 0.4) is 0 Å². The molecule has 0 unspecified atom stereocenters. The van der Waals surface area contributed by atoms with Crippen LogP contribution in [-0.2, 0) is 6.42 Å². The minimum Gasteiger partial charge on any atom is -0.396 e. The molecule has 0 aliphatic carbocycles. The second-order valence-corrected chi connectivity index (χ2v) is 8.44. The maximum absolute atomic E-state index is 11.9. The van der Waals surface area contributed by atoms with Crippen LogP contribution in [0.5, 0.6) is 0 Å². The molecule has 2 aliphatic heterocycles. The lowest BCUT2D eigenvalue weighted by molar-refractivity contribution is 0.0994. The molecule has 3 heterocycles. The summed E-state index contributed by atoms with van der Waals surface area (Å²) in [6.07, 6.45) is 6.38. The number of rotatable bonds is 6. The summed E-state index contributed by atoms with van der Waals surface area (Å²) in [7, 11) is 0. The minimum absolute atomic E-state index is 0.235. The molecule has 4 rings (SSSR count). The van der Waals surface area contributed by atoms with Crippen molar-refractivity contribution in [2.45, 2.75) is 38.0 Å². The fourth-order valence-electron chi connectivity index (χ4n) is 4.50. The number of amides is 1. The van der Waals surface area contributed by atoms with Gasteiger partial charge in [-0.3, -0.25) is 4.79 Å². The quantitative estimate of drug-likeness (QED) is 0.673. The molecule has 1 aromatic carbocycles. The molecule has 0 spiro atoms. The van der Waals surface area contributed by atoms with Crippen LogP contribution in [0.25, 0.3) is 0 Å². The van der Waals surface area contributed by atoms with Crippen LogP contribution in [0.1, 0.15) is 58.9 Å². The third kappa shape index (κ3) is 4.79. The maximum Gasteiger partial charge on any atom is 0.269 e. The molecular formula is C23H31N5O2. The summed E-state index contributed by atoms with van der Waals surface area (Å²) in [6, 6.07) is 8.66. The zero-order valence-corrected chi connectivity index (χ0v) is 17.4. The largest absolute Gasteiger partial charge is 0.396 e. The van der Waals surface area contributed by atoms with Gasteiger partial charge < -0.3 is 21.1 Å². The Bertz CT molecular complexity index is 856. The molecule has 1 amide bonds. The maximum atomic E-state index is 11.9. The van der Waals surface area contributed by atoms with Gasteiger partial charge in [0.25, 0.3) is 5.91 Å². The Labute approximate surface area is 177 Å². The third-order valence-electron chi connectivity index (χ3n) is 6.42. The lowest BCUT2D eigenvalue weighted by Crippen LogP contribution is -2.35. The monoisotopic (exact) mass is 409 g/mol. The molecule has 1 aromatic heterocycles. The second-order valence-electron chi connectivity index (χ2n) is 8.44. The van der Waals surface area contributed by atoms with Crippen LogP contribution >= 0.6 is 0 Å². The van der Waals surface area contributed by atoms with Gasteiger partial charge in [-0.15, -0.1) is 0 Å². The number of aliphatic hydroxyl groups excluding tert-OH is 1. The molecule has 2 aliphatic rings. The van der Waals surface area contributed by atoms with Crippen LogP contribution in [0.4, 0.5) is 5.82 Å². The van der Waals surface area contributed by atoms with Crippen LogP contribution in [0.15, 0.2) is 30.5 Å². The van der Waals surface area contributed by atoms with Crippen LogP contribution in [-0.4, -0.2) is 53.8 Å². The van der Waals surface area contributed by atoms with Gasteiger partial charge in [0.1, 0.15) is 11.5 Å². The standard InChI is InChI=1S/C23H31N5O2/c24-23(30)22-20(27-21(14-26-22)28-11-7-17(15-29)8-12-28)13-16-1-3-18(4-2-16)19-5-9-25-10-6-19/h1-4,14,17,19,25,29H,5-13,15H2,(H2,24,30). The third-order valence-corrected chi connectivity index (χ3v) is 6.42. The lowest BCUT2D eigenvalue weighted by Gasteiger charge is -2.32. The summed E-state index contributed by atoms with van der Waals surface area (Å²) in [4.78, 5) is 23.2. The van der Waals surface area contributed by atoms with Gasteiger partial charge in [-0.2, -0.15) is 0 Å². The average molecular weight is 410 g/mol. The Hall–Kier alpha value is -2.51. The Kier molecular flexibility index (Phi) is 6.59. The minimum atomic E-state index is -0.547. The Morgan fingerprint density at radius 3 is 2.47 bits per heavy atom. The second kappa shape index (κ2) is 9.53. The van der Waals surface area contributed by atoms with Crippen molar-refractivity contribution in [3.63, 3.8) is 0 Å². The Morgan fingerprint density at radius 2 is 1.83 bits per heavy atom. The van der Waals surface area contributed by atoms with Gasteiger partial charge in [-0.1, -0.05) is 24.3 Å². The van der Waals surface area contributed by atoms with Crippen molar-refractivity contribution in [3.8, 4) is 0 Å². The zero-order chi connectivity index (χ0) is 20.9. The number of hydrogen-bond acceptors (Lipinski definition) is 6. The number of nitrogens with zero attached hydrogens (tertiary/aromatic N) is 3. The number of aromatic nitrogens is 2. The average Bonchev–Trinajstić information content (AvgIpc) is 2.80. The number of anilines is 1. The van der Waals surface area contributed by atoms with E-state index >= 15 is 0 Å². The number of aliphatic hydroxyl groups is 1. The fourth-order valence-corrected chi connectivity index (χ4v) is 4.50. The van der Waals surface area contributed by atoms with E-state index in [0.29, 0.717) is 24.0 Å². The number of carbonyl (C=O) groups is 1. The van der Waals surface area contributed by atoms with Gasteiger partial charge in [0.15, 0.2) is 0 Å². The molecular weight excluding hydrogens is 378 g/mol. The molecule has 0 radical (unpaired) electrons. The molecule has 0 bridgehead atoms. The smallest absolute Gasteiger partial charge is 0.269 e. The van der Waals surface area contributed by atoms with E-state index < -0.39 is 5.91 Å². The summed E-state index contributed by atoms with van der Waals surface area (Å²) in [5, 5.41) is 12.8. The van der Waals surface area contributed by atoms with Crippen molar-refractivity contribution < 1.29 is 9.90 Å². The van der Waals surface area contributed by atoms with Crippen molar-refractivity contribution in [1.82, 2.24) is 15.3 Å². The van der Waals surface area contributed by atoms with E-state index in [-0.39, 0.29) is 12.3 Å². The molecule has 7 heteroatoms. The first-order valence-electron chi connectivity index (χ1n) is 10.9. The zero-order valence-electron chi connectivity index (χ0n) is 17.4. The van der Waals surface area contributed by atoms with E-state index in [1.165, 1.54) is 18.4 Å². The molecule has 7 nitrogen and oxygen atoms in total. The molecule has 4 N–H and O–H groups in total. The van der Waals surface area contributed by atoms with Crippen molar-refractivity contribution in [3.05, 3.63) is 53.0 Å². The van der Waals surface area contributed by atoms with Crippen LogP contribution in [0.2, 0.25) is 0 Å². The van der Waals surface area contributed by atoms with E-state index in [1.807, 2.05) is 0 Å². The topological polar surface area (TPSA) is 104 Å². The fraction of sp³-hybridized carbons (Fsp3) is 0.522. The van der Waals surface area contributed by atoms with E-state index in [1.54, 1.807) is 6.20 Å². The highest BCUT2D eigenvalue weighted by atomic mass is 16.3. The summed E-state index contributed by atoms with van der Waals surface area (Å²) >= 11 is 0. The van der Waals surface area contributed by atoms with Gasteiger partial charge in [0.2, 0.25) is 0 Å². The summed E-state index contributed by atoms with van der Waals surface area (Å²) in [5.74, 6) is 1.20. The van der Waals surface area contributed by atoms with E-state index in [2.05, 4.69) is 39.5 Å². The number of hydrogen-bond donors (Lipinski definition) is 3. The van der Waals surface area contributed by atoms with Gasteiger partial charge in [0, 0.05) is 26.1 Å². The normalized spacial score (nSPS) is 18.5. The SMILES string of the molecule is NC(=O)c1ncc(N2CCC(CO)CC2)nc1Cc1ccc(C2CCNCC2)cc1.